The van der Waals surface area contributed by atoms with Gasteiger partial charge in [0.15, 0.2) is 28.8 Å². The van der Waals surface area contributed by atoms with E-state index in [9.17, 15) is 29.7 Å². The molecule has 5 N–H and O–H groups in total. The van der Waals surface area contributed by atoms with E-state index in [1.54, 1.807) is 31.3 Å². The third-order valence-corrected chi connectivity index (χ3v) is 9.68. The van der Waals surface area contributed by atoms with Crippen LogP contribution < -0.4 is 24.3 Å². The van der Waals surface area contributed by atoms with E-state index in [2.05, 4.69) is 10.3 Å². The van der Waals surface area contributed by atoms with E-state index in [4.69, 9.17) is 30.5 Å². The Balaban J connectivity index is 1.38. The lowest BCUT2D eigenvalue weighted by atomic mass is 9.69. The highest BCUT2D eigenvalue weighted by atomic mass is 35.5. The predicted molar refractivity (Wildman–Crippen MR) is 179 cm³/mol. The van der Waals surface area contributed by atoms with Gasteiger partial charge in [-0.05, 0) is 47.9 Å². The molecule has 0 bridgehead atoms. The van der Waals surface area contributed by atoms with Crippen molar-refractivity contribution in [2.75, 3.05) is 27.9 Å². The number of aliphatic hydroxyl groups excluding tert-OH is 1. The van der Waals surface area contributed by atoms with Crippen LogP contribution in [0, 0.1) is 5.92 Å². The zero-order chi connectivity index (χ0) is 35.2. The maximum Gasteiger partial charge on any atom is 0.231 e. The second kappa shape index (κ2) is 12.9. The average Bonchev–Trinajstić information content (AvgIpc) is 3.63. The summed E-state index contributed by atoms with van der Waals surface area (Å²) in [6, 6.07) is 10.8. The van der Waals surface area contributed by atoms with Crippen LogP contribution in [0.5, 0.6) is 34.5 Å². The van der Waals surface area contributed by atoms with E-state index in [0.717, 1.165) is 16.5 Å². The monoisotopic (exact) mass is 690 g/mol. The zero-order valence-electron chi connectivity index (χ0n) is 27.2. The van der Waals surface area contributed by atoms with E-state index >= 15 is 0 Å². The molecule has 1 amide bonds. The molecule has 1 unspecified atom stereocenters. The number of halogens is 1. The van der Waals surface area contributed by atoms with E-state index < -0.39 is 40.7 Å². The van der Waals surface area contributed by atoms with Crippen molar-refractivity contribution in [3.05, 3.63) is 81.7 Å². The molecular formula is C36H35ClN2O10. The number of ether oxygens (including phenoxy) is 4. The number of amides is 1. The van der Waals surface area contributed by atoms with Crippen molar-refractivity contribution < 1.29 is 48.7 Å². The first-order valence-corrected chi connectivity index (χ1v) is 15.9. The first-order valence-electron chi connectivity index (χ1n) is 15.5. The molecule has 256 valence electrons. The topological polar surface area (TPSA) is 177 Å². The number of aromatic nitrogens is 1. The second-order valence-electron chi connectivity index (χ2n) is 12.1. The van der Waals surface area contributed by atoms with Gasteiger partial charge in [0, 0.05) is 60.0 Å². The van der Waals surface area contributed by atoms with Gasteiger partial charge in [-0.1, -0.05) is 24.6 Å². The van der Waals surface area contributed by atoms with Crippen LogP contribution in [0.1, 0.15) is 47.2 Å². The molecule has 12 nitrogen and oxygen atoms in total. The smallest absolute Gasteiger partial charge is 0.231 e. The van der Waals surface area contributed by atoms with Crippen molar-refractivity contribution in [1.29, 1.82) is 0 Å². The molecule has 0 radical (unpaired) electrons. The molecule has 1 spiro atoms. The lowest BCUT2D eigenvalue weighted by Gasteiger charge is -2.38. The highest BCUT2D eigenvalue weighted by Gasteiger charge is 2.61. The van der Waals surface area contributed by atoms with Crippen LogP contribution in [-0.4, -0.2) is 71.3 Å². The molecule has 2 heterocycles. The van der Waals surface area contributed by atoms with Crippen LogP contribution in [0.25, 0.3) is 10.9 Å². The van der Waals surface area contributed by atoms with Crippen LogP contribution >= 0.6 is 11.6 Å². The fourth-order valence-electron chi connectivity index (χ4n) is 6.80. The number of carbonyl (C=O) groups excluding carboxylic acids is 3. The number of aliphatic hydroxyl groups is 1. The van der Waals surface area contributed by atoms with Gasteiger partial charge < -0.3 is 44.6 Å². The number of ketones is 2. The van der Waals surface area contributed by atoms with Crippen molar-refractivity contribution in [1.82, 2.24) is 10.3 Å². The van der Waals surface area contributed by atoms with Crippen molar-refractivity contribution in [3.8, 4) is 34.5 Å². The first kappa shape index (κ1) is 33.5. The number of Topliss-reactive ketones (excluding diaryl/α,β-unsaturated/α-hetero) is 2. The Kier molecular flexibility index (Phi) is 8.84. The second-order valence-corrected chi connectivity index (χ2v) is 12.5. The number of fused-ring (bicyclic) bond motifs is 2. The Morgan fingerprint density at radius 1 is 1.04 bits per heavy atom. The Labute approximate surface area is 286 Å². The summed E-state index contributed by atoms with van der Waals surface area (Å²) in [5.74, 6) is -3.87. The molecule has 49 heavy (non-hydrogen) atoms. The summed E-state index contributed by atoms with van der Waals surface area (Å²) in [6.07, 6.45) is 1.74. The molecular weight excluding hydrogens is 656 g/mol. The van der Waals surface area contributed by atoms with Gasteiger partial charge in [0.05, 0.1) is 21.3 Å². The Morgan fingerprint density at radius 3 is 2.49 bits per heavy atom. The highest BCUT2D eigenvalue weighted by Crippen LogP contribution is 2.56. The third kappa shape index (κ3) is 5.55. The van der Waals surface area contributed by atoms with E-state index in [1.807, 2.05) is 0 Å². The third-order valence-electron chi connectivity index (χ3n) is 9.32. The number of phenols is 2. The molecule has 4 aromatic rings. The normalized spacial score (nSPS) is 19.2. The lowest BCUT2D eigenvalue weighted by Crippen LogP contribution is -2.53. The number of H-pyrrole nitrogens is 1. The number of methoxy groups -OCH3 is 3. The standard InChI is InChI=1S/C36H35ClN2O10/c1-17-11-25(42)30(34(44)36(17)35(45)31-27(47-3)15-28(48-4)32(37)33(31)49-36)22(18-5-8-24(41)26(12-18)46-2)14-29(43)38-10-9-19-16-39-23-7-6-20(40)13-21(19)23/h5-8,12-13,15-17,22,39-41,44H,9-11,14H2,1-4H3,(H,38,43)/t17-,22?,36+/m1/s1. The minimum Gasteiger partial charge on any atom is -0.508 e. The number of benzene rings is 3. The molecule has 1 aliphatic heterocycles. The van der Waals surface area contributed by atoms with Crippen molar-refractivity contribution in [2.45, 2.75) is 37.7 Å². The van der Waals surface area contributed by atoms with Gasteiger partial charge in [0.1, 0.15) is 27.8 Å². The summed E-state index contributed by atoms with van der Waals surface area (Å²) >= 11 is 6.59. The van der Waals surface area contributed by atoms with Gasteiger partial charge in [-0.25, -0.2) is 0 Å². The van der Waals surface area contributed by atoms with E-state index in [-0.39, 0.29) is 70.0 Å². The van der Waals surface area contributed by atoms with Crippen LogP contribution in [-0.2, 0) is 16.0 Å². The molecule has 1 aliphatic carbocycles. The number of hydrogen-bond acceptors (Lipinski definition) is 10. The van der Waals surface area contributed by atoms with Crippen molar-refractivity contribution in [3.63, 3.8) is 0 Å². The summed E-state index contributed by atoms with van der Waals surface area (Å²) < 4.78 is 22.4. The minimum atomic E-state index is -2.05. The quantitative estimate of drug-likeness (QED) is 0.142. The van der Waals surface area contributed by atoms with Crippen LogP contribution in [0.3, 0.4) is 0 Å². The number of allylic oxidation sites excluding steroid dienone is 1. The molecule has 0 saturated heterocycles. The Hall–Kier alpha value is -5.36. The number of carbonyl (C=O) groups is 3. The van der Waals surface area contributed by atoms with Gasteiger partial charge in [0.25, 0.3) is 0 Å². The first-order chi connectivity index (χ1) is 23.4. The summed E-state index contributed by atoms with van der Waals surface area (Å²) in [6.45, 7) is 1.84. The summed E-state index contributed by atoms with van der Waals surface area (Å²) in [5.41, 5.74) is -0.150. The fraction of sp³-hybridized carbons (Fsp3) is 0.306. The number of phenolic OH excluding ortho intramolecular Hbond substituents is 2. The maximum absolute atomic E-state index is 14.3. The molecule has 1 aromatic heterocycles. The van der Waals surface area contributed by atoms with Gasteiger partial charge in [0.2, 0.25) is 17.3 Å². The summed E-state index contributed by atoms with van der Waals surface area (Å²) in [5, 5.41) is 36.0. The van der Waals surface area contributed by atoms with Crippen LogP contribution in [0.15, 0.2) is 60.0 Å². The SMILES string of the molecule is COc1cc(C(CC(=O)NCCc2c[nH]c3ccc(O)cc23)C2=C(O)[C@@]3(Oc4c(Cl)c(OC)cc(OC)c4C3=O)[C@H](C)CC2=O)ccc1O. The lowest BCUT2D eigenvalue weighted by molar-refractivity contribution is -0.121. The Morgan fingerprint density at radius 2 is 1.78 bits per heavy atom. The van der Waals surface area contributed by atoms with Gasteiger partial charge in [-0.2, -0.15) is 0 Å². The summed E-state index contributed by atoms with van der Waals surface area (Å²) in [7, 11) is 4.12. The number of aromatic amines is 1. The van der Waals surface area contributed by atoms with Gasteiger partial charge in [-0.3, -0.25) is 14.4 Å². The van der Waals surface area contributed by atoms with Gasteiger partial charge >= 0.3 is 0 Å². The van der Waals surface area contributed by atoms with Crippen LogP contribution in [0.4, 0.5) is 0 Å². The van der Waals surface area contributed by atoms with Crippen molar-refractivity contribution in [2.24, 2.45) is 5.92 Å². The predicted octanol–water partition coefficient (Wildman–Crippen LogP) is 5.53. The molecule has 3 atom stereocenters. The average molecular weight is 691 g/mol. The summed E-state index contributed by atoms with van der Waals surface area (Å²) in [4.78, 5) is 44.9. The molecule has 3 aromatic carbocycles. The Bertz CT molecular complexity index is 2040. The van der Waals surface area contributed by atoms with E-state index in [0.29, 0.717) is 12.0 Å². The number of hydrogen-bond donors (Lipinski definition) is 5. The fourth-order valence-corrected chi connectivity index (χ4v) is 7.07. The number of aromatic hydroxyl groups is 2. The highest BCUT2D eigenvalue weighted by molar-refractivity contribution is 6.35. The molecule has 0 saturated carbocycles. The zero-order valence-corrected chi connectivity index (χ0v) is 27.9. The largest absolute Gasteiger partial charge is 0.508 e. The van der Waals surface area contributed by atoms with E-state index in [1.165, 1.54) is 45.6 Å². The van der Waals surface area contributed by atoms with Gasteiger partial charge in [-0.15, -0.1) is 0 Å². The van der Waals surface area contributed by atoms with Crippen LogP contribution in [0.2, 0.25) is 5.02 Å². The minimum absolute atomic E-state index is 0.00778. The number of nitrogens with one attached hydrogen (secondary N) is 2. The molecule has 6 rings (SSSR count). The number of rotatable bonds is 10. The molecule has 13 heteroatoms. The van der Waals surface area contributed by atoms with Crippen molar-refractivity contribution >= 4 is 40.0 Å². The maximum atomic E-state index is 14.3. The molecule has 2 aliphatic rings. The molecule has 0 fully saturated rings.